The van der Waals surface area contributed by atoms with Crippen molar-refractivity contribution in [2.24, 2.45) is 0 Å². The molecule has 1 aromatic rings. The van der Waals surface area contributed by atoms with Gasteiger partial charge in [-0.2, -0.15) is 0 Å². The summed E-state index contributed by atoms with van der Waals surface area (Å²) < 4.78 is 0.785. The first-order chi connectivity index (χ1) is 8.56. The van der Waals surface area contributed by atoms with E-state index in [4.69, 9.17) is 0 Å². The van der Waals surface area contributed by atoms with Crippen LogP contribution in [0.15, 0.2) is 18.2 Å². The maximum absolute atomic E-state index is 11.5. The molecular weight excluding hydrogens is 349 g/mol. The molecule has 1 fully saturated rings. The number of nitrogens with zero attached hydrogens (tertiary/aromatic N) is 1. The molecule has 0 radical (unpaired) electrons. The van der Waals surface area contributed by atoms with Crippen LogP contribution in [0, 0.1) is 13.7 Å². The van der Waals surface area contributed by atoms with Crippen LogP contribution in [0.25, 0.3) is 0 Å². The van der Waals surface area contributed by atoms with E-state index in [1.807, 2.05) is 22.6 Å². The van der Waals surface area contributed by atoms with Crippen LogP contribution in [0.2, 0.25) is 0 Å². The fraction of sp³-hybridized carbons (Fsp3) is 0.364. The lowest BCUT2D eigenvalue weighted by molar-refractivity contribution is -0.384. The van der Waals surface area contributed by atoms with Crippen LogP contribution in [0.4, 0.5) is 11.4 Å². The van der Waals surface area contributed by atoms with Gasteiger partial charge in [-0.1, -0.05) is 0 Å². The molecule has 6 nitrogen and oxygen atoms in total. The van der Waals surface area contributed by atoms with E-state index >= 15 is 0 Å². The van der Waals surface area contributed by atoms with Gasteiger partial charge < -0.3 is 10.6 Å². The van der Waals surface area contributed by atoms with Gasteiger partial charge in [-0.15, -0.1) is 0 Å². The van der Waals surface area contributed by atoms with Crippen LogP contribution in [0.1, 0.15) is 12.8 Å². The number of rotatable bonds is 5. The number of carbonyl (C=O) groups is 1. The summed E-state index contributed by atoms with van der Waals surface area (Å²) in [6.07, 6.45) is 2.05. The normalized spacial score (nSPS) is 14.1. The number of hydrogen-bond donors (Lipinski definition) is 2. The summed E-state index contributed by atoms with van der Waals surface area (Å²) in [5.74, 6) is -0.134. The number of halogens is 1. The molecule has 2 rings (SSSR count). The Bertz CT molecular complexity index is 488. The molecule has 2 N–H and O–H groups in total. The monoisotopic (exact) mass is 361 g/mol. The Kier molecular flexibility index (Phi) is 4.00. The van der Waals surface area contributed by atoms with E-state index < -0.39 is 4.92 Å². The van der Waals surface area contributed by atoms with Gasteiger partial charge in [-0.25, -0.2) is 0 Å². The van der Waals surface area contributed by atoms with E-state index in [0.29, 0.717) is 11.7 Å². The van der Waals surface area contributed by atoms with E-state index in [2.05, 4.69) is 10.6 Å². The predicted molar refractivity (Wildman–Crippen MR) is 75.5 cm³/mol. The van der Waals surface area contributed by atoms with Crippen molar-refractivity contribution in [3.05, 3.63) is 31.9 Å². The molecule has 18 heavy (non-hydrogen) atoms. The topological polar surface area (TPSA) is 84.3 Å². The molecular formula is C11H12IN3O3. The molecule has 0 saturated heterocycles. The van der Waals surface area contributed by atoms with Crippen molar-refractivity contribution in [2.75, 3.05) is 11.9 Å². The number of nitro groups is 1. The summed E-state index contributed by atoms with van der Waals surface area (Å²) in [4.78, 5) is 21.9. The highest BCUT2D eigenvalue weighted by Gasteiger charge is 2.23. The maximum Gasteiger partial charge on any atom is 0.293 e. The average molecular weight is 361 g/mol. The molecule has 1 aromatic carbocycles. The summed E-state index contributed by atoms with van der Waals surface area (Å²) in [6.45, 7) is 0.0535. The van der Waals surface area contributed by atoms with Crippen molar-refractivity contribution < 1.29 is 9.72 Å². The zero-order valence-electron chi connectivity index (χ0n) is 9.48. The second-order valence-corrected chi connectivity index (χ2v) is 5.36. The number of hydrogen-bond acceptors (Lipinski definition) is 4. The van der Waals surface area contributed by atoms with Crippen LogP contribution in [0.3, 0.4) is 0 Å². The van der Waals surface area contributed by atoms with Crippen molar-refractivity contribution in [1.82, 2.24) is 5.32 Å². The average Bonchev–Trinajstić information content (AvgIpc) is 3.11. The van der Waals surface area contributed by atoms with Crippen LogP contribution >= 0.6 is 22.6 Å². The lowest BCUT2D eigenvalue weighted by Gasteiger charge is -2.07. The second kappa shape index (κ2) is 5.51. The lowest BCUT2D eigenvalue weighted by atomic mass is 10.2. The molecule has 0 atom stereocenters. The smallest absolute Gasteiger partial charge is 0.293 e. The third kappa shape index (κ3) is 3.56. The second-order valence-electron chi connectivity index (χ2n) is 4.11. The van der Waals surface area contributed by atoms with Crippen LogP contribution < -0.4 is 10.6 Å². The highest BCUT2D eigenvalue weighted by molar-refractivity contribution is 14.1. The molecule has 0 unspecified atom stereocenters. The van der Waals surface area contributed by atoms with E-state index in [-0.39, 0.29) is 18.1 Å². The summed E-state index contributed by atoms with van der Waals surface area (Å²) >= 11 is 2.01. The van der Waals surface area contributed by atoms with Gasteiger partial charge in [0.05, 0.1) is 11.5 Å². The first-order valence-electron chi connectivity index (χ1n) is 5.53. The number of benzene rings is 1. The van der Waals surface area contributed by atoms with Crippen LogP contribution in [0.5, 0.6) is 0 Å². The Morgan fingerprint density at radius 3 is 2.83 bits per heavy atom. The Hall–Kier alpha value is -1.38. The minimum atomic E-state index is -0.455. The molecule has 96 valence electrons. The van der Waals surface area contributed by atoms with Gasteiger partial charge in [-0.05, 0) is 47.6 Å². The molecule has 7 heteroatoms. The Balaban J connectivity index is 1.99. The highest BCUT2D eigenvalue weighted by Crippen LogP contribution is 2.26. The maximum atomic E-state index is 11.5. The van der Waals surface area contributed by atoms with Gasteiger partial charge in [-0.3, -0.25) is 14.9 Å². The Morgan fingerprint density at radius 2 is 2.22 bits per heavy atom. The summed E-state index contributed by atoms with van der Waals surface area (Å²) in [6, 6.07) is 5.15. The molecule has 1 aliphatic rings. The number of nitrogens with one attached hydrogen (secondary N) is 2. The molecule has 0 spiro atoms. The van der Waals surface area contributed by atoms with E-state index in [0.717, 1.165) is 16.4 Å². The summed E-state index contributed by atoms with van der Waals surface area (Å²) in [5.41, 5.74) is 0.354. The molecule has 1 saturated carbocycles. The summed E-state index contributed by atoms with van der Waals surface area (Å²) in [5, 5.41) is 16.5. The number of nitro benzene ring substituents is 1. The van der Waals surface area contributed by atoms with Crippen molar-refractivity contribution in [2.45, 2.75) is 18.9 Å². The van der Waals surface area contributed by atoms with Gasteiger partial charge in [0, 0.05) is 15.7 Å². The van der Waals surface area contributed by atoms with Gasteiger partial charge in [0.1, 0.15) is 5.69 Å². The molecule has 0 aromatic heterocycles. The van der Waals surface area contributed by atoms with Gasteiger partial charge in [0.15, 0.2) is 0 Å². The zero-order valence-corrected chi connectivity index (χ0v) is 11.6. The first-order valence-corrected chi connectivity index (χ1v) is 6.61. The third-order valence-corrected chi connectivity index (χ3v) is 3.21. The van der Waals surface area contributed by atoms with Gasteiger partial charge in [0.25, 0.3) is 5.69 Å². The minimum absolute atomic E-state index is 0.0129. The Labute approximate surface area is 117 Å². The van der Waals surface area contributed by atoms with Gasteiger partial charge in [0.2, 0.25) is 5.91 Å². The molecule has 0 aliphatic heterocycles. The van der Waals surface area contributed by atoms with E-state index in [1.165, 1.54) is 6.07 Å². The minimum Gasteiger partial charge on any atom is -0.371 e. The number of anilines is 1. The van der Waals surface area contributed by atoms with Crippen LogP contribution in [-0.2, 0) is 4.79 Å². The SMILES string of the molecule is O=C(CNc1ccc(I)cc1[N+](=O)[O-])NC1CC1. The molecule has 1 amide bonds. The zero-order chi connectivity index (χ0) is 13.1. The molecule has 0 heterocycles. The van der Waals surface area contributed by atoms with Crippen molar-refractivity contribution in [1.29, 1.82) is 0 Å². The van der Waals surface area contributed by atoms with Crippen molar-refractivity contribution >= 4 is 39.9 Å². The first kappa shape index (κ1) is 13.1. The predicted octanol–water partition coefficient (Wildman–Crippen LogP) is 1.89. The fourth-order valence-electron chi connectivity index (χ4n) is 1.49. The third-order valence-electron chi connectivity index (χ3n) is 2.54. The van der Waals surface area contributed by atoms with E-state index in [9.17, 15) is 14.9 Å². The lowest BCUT2D eigenvalue weighted by Crippen LogP contribution is -2.31. The number of amides is 1. The fourth-order valence-corrected chi connectivity index (χ4v) is 1.96. The van der Waals surface area contributed by atoms with E-state index in [1.54, 1.807) is 12.1 Å². The van der Waals surface area contributed by atoms with Gasteiger partial charge >= 0.3 is 0 Å². The standard InChI is InChI=1S/C11H12IN3O3/c12-7-1-4-9(10(5-7)15(17)18)13-6-11(16)14-8-2-3-8/h1,4-5,8,13H,2-3,6H2,(H,14,16). The summed E-state index contributed by atoms with van der Waals surface area (Å²) in [7, 11) is 0. The largest absolute Gasteiger partial charge is 0.371 e. The van der Waals surface area contributed by atoms with Crippen LogP contribution in [-0.4, -0.2) is 23.4 Å². The highest BCUT2D eigenvalue weighted by atomic mass is 127. The molecule has 0 bridgehead atoms. The Morgan fingerprint density at radius 1 is 1.50 bits per heavy atom. The van der Waals surface area contributed by atoms with Crippen molar-refractivity contribution in [3.8, 4) is 0 Å². The number of carbonyl (C=O) groups excluding carboxylic acids is 1. The quantitative estimate of drug-likeness (QED) is 0.477. The van der Waals surface area contributed by atoms with Crippen molar-refractivity contribution in [3.63, 3.8) is 0 Å². The molecule has 1 aliphatic carbocycles.